The Kier molecular flexibility index (Phi) is 2.63. The molecule has 4 rings (SSSR count). The van der Waals surface area contributed by atoms with Crippen LogP contribution in [0.5, 0.6) is 0 Å². The maximum absolute atomic E-state index is 13.5. The number of halogens is 1. The number of aromatic amines is 1. The lowest BCUT2D eigenvalue weighted by molar-refractivity contribution is 0.0695. The molecule has 2 heterocycles. The van der Waals surface area contributed by atoms with Gasteiger partial charge in [0.1, 0.15) is 5.82 Å². The number of aromatic nitrogens is 1. The Labute approximate surface area is 124 Å². The van der Waals surface area contributed by atoms with Crippen LogP contribution in [0.4, 0.5) is 10.1 Å². The summed E-state index contributed by atoms with van der Waals surface area (Å²) in [5.41, 5.74) is 3.59. The molecule has 0 bridgehead atoms. The minimum atomic E-state index is -1.13. The molecule has 2 N–H and O–H groups in total. The van der Waals surface area contributed by atoms with Crippen LogP contribution in [0.3, 0.4) is 0 Å². The number of carboxylic acid groups (broad SMARTS) is 1. The van der Waals surface area contributed by atoms with Crippen molar-refractivity contribution in [1.82, 2.24) is 4.98 Å². The molecule has 0 aliphatic carbocycles. The Morgan fingerprint density at radius 3 is 2.91 bits per heavy atom. The highest BCUT2D eigenvalue weighted by Gasteiger charge is 2.23. The van der Waals surface area contributed by atoms with E-state index in [0.717, 1.165) is 28.2 Å². The van der Waals surface area contributed by atoms with Crippen molar-refractivity contribution in [3.8, 4) is 0 Å². The van der Waals surface area contributed by atoms with Gasteiger partial charge in [0.15, 0.2) is 0 Å². The van der Waals surface area contributed by atoms with Gasteiger partial charge in [-0.3, -0.25) is 4.99 Å². The van der Waals surface area contributed by atoms with E-state index in [4.69, 9.17) is 0 Å². The molecule has 0 fully saturated rings. The van der Waals surface area contributed by atoms with Gasteiger partial charge >= 0.3 is 5.97 Å². The molecular formula is C17H11FN2O2. The normalized spacial score (nSPS) is 13.2. The first-order chi connectivity index (χ1) is 10.6. The number of aromatic carboxylic acids is 1. The van der Waals surface area contributed by atoms with Gasteiger partial charge in [-0.1, -0.05) is 12.1 Å². The van der Waals surface area contributed by atoms with Crippen molar-refractivity contribution in [3.63, 3.8) is 0 Å². The zero-order valence-corrected chi connectivity index (χ0v) is 11.4. The van der Waals surface area contributed by atoms with Gasteiger partial charge in [0.25, 0.3) is 0 Å². The summed E-state index contributed by atoms with van der Waals surface area (Å²) in [7, 11) is 0. The van der Waals surface area contributed by atoms with Crippen LogP contribution in [0.15, 0.2) is 47.6 Å². The third-order valence-corrected chi connectivity index (χ3v) is 3.91. The summed E-state index contributed by atoms with van der Waals surface area (Å²) in [6, 6.07) is 10.2. The molecule has 1 aliphatic heterocycles. The Morgan fingerprint density at radius 1 is 1.23 bits per heavy atom. The average molecular weight is 294 g/mol. The predicted octanol–water partition coefficient (Wildman–Crippen LogP) is 3.68. The number of carbonyl (C=O) groups is 1. The lowest BCUT2D eigenvalue weighted by Crippen LogP contribution is -2.06. The van der Waals surface area contributed by atoms with E-state index in [1.807, 2.05) is 30.5 Å². The number of fused-ring (bicyclic) bond motifs is 2. The second-order valence-electron chi connectivity index (χ2n) is 5.27. The number of hydrogen-bond donors (Lipinski definition) is 2. The van der Waals surface area contributed by atoms with Crippen LogP contribution in [-0.2, 0) is 6.42 Å². The monoisotopic (exact) mass is 294 g/mol. The topological polar surface area (TPSA) is 65.4 Å². The molecule has 0 saturated heterocycles. The molecule has 4 nitrogen and oxygen atoms in total. The van der Waals surface area contributed by atoms with Gasteiger partial charge in [-0.2, -0.15) is 0 Å². The van der Waals surface area contributed by atoms with Gasteiger partial charge in [0, 0.05) is 18.1 Å². The molecule has 0 saturated carbocycles. The first kappa shape index (κ1) is 12.8. The van der Waals surface area contributed by atoms with Gasteiger partial charge in [0.05, 0.1) is 17.0 Å². The number of rotatable bonds is 2. The fourth-order valence-electron chi connectivity index (χ4n) is 2.85. The van der Waals surface area contributed by atoms with Crippen molar-refractivity contribution in [2.45, 2.75) is 6.42 Å². The number of nitrogens with one attached hydrogen (secondary N) is 1. The van der Waals surface area contributed by atoms with Gasteiger partial charge in [-0.05, 0) is 40.8 Å². The number of aliphatic imine (C=N–C) groups is 1. The van der Waals surface area contributed by atoms with Crippen LogP contribution in [0, 0.1) is 5.82 Å². The van der Waals surface area contributed by atoms with E-state index in [1.54, 1.807) is 0 Å². The van der Waals surface area contributed by atoms with Gasteiger partial charge < -0.3 is 10.1 Å². The van der Waals surface area contributed by atoms with Crippen LogP contribution < -0.4 is 0 Å². The summed E-state index contributed by atoms with van der Waals surface area (Å²) in [6.45, 7) is 0. The summed E-state index contributed by atoms with van der Waals surface area (Å²) >= 11 is 0. The van der Waals surface area contributed by atoms with Crippen LogP contribution >= 0.6 is 0 Å². The Bertz CT molecular complexity index is 956. The third kappa shape index (κ3) is 1.90. The quantitative estimate of drug-likeness (QED) is 0.757. The van der Waals surface area contributed by atoms with Crippen molar-refractivity contribution < 1.29 is 14.3 Å². The Balaban J connectivity index is 1.81. The first-order valence-electron chi connectivity index (χ1n) is 6.82. The molecule has 0 amide bonds. The van der Waals surface area contributed by atoms with E-state index < -0.39 is 11.8 Å². The van der Waals surface area contributed by atoms with E-state index >= 15 is 0 Å². The highest BCUT2D eigenvalue weighted by atomic mass is 19.1. The number of H-pyrrole nitrogens is 1. The molecule has 0 unspecified atom stereocenters. The minimum Gasteiger partial charge on any atom is -0.478 e. The fourth-order valence-corrected chi connectivity index (χ4v) is 2.85. The molecule has 5 heteroatoms. The molecule has 22 heavy (non-hydrogen) atoms. The van der Waals surface area contributed by atoms with E-state index in [2.05, 4.69) is 9.98 Å². The predicted molar refractivity (Wildman–Crippen MR) is 81.6 cm³/mol. The lowest BCUT2D eigenvalue weighted by atomic mass is 9.99. The van der Waals surface area contributed by atoms with Gasteiger partial charge in [0.2, 0.25) is 0 Å². The zero-order valence-electron chi connectivity index (χ0n) is 11.4. The smallest absolute Gasteiger partial charge is 0.336 e. The molecule has 0 radical (unpaired) electrons. The maximum Gasteiger partial charge on any atom is 0.336 e. The number of nitrogens with zero attached hydrogens (tertiary/aromatic N) is 1. The molecule has 1 aliphatic rings. The van der Waals surface area contributed by atoms with Crippen LogP contribution in [0.2, 0.25) is 0 Å². The lowest BCUT2D eigenvalue weighted by Gasteiger charge is -2.04. The van der Waals surface area contributed by atoms with Crippen LogP contribution in [0.1, 0.15) is 21.5 Å². The molecule has 1 aromatic heterocycles. The molecule has 108 valence electrons. The van der Waals surface area contributed by atoms with Crippen molar-refractivity contribution in [2.24, 2.45) is 4.99 Å². The minimum absolute atomic E-state index is 0.0188. The third-order valence-electron chi connectivity index (χ3n) is 3.91. The van der Waals surface area contributed by atoms with E-state index in [0.29, 0.717) is 17.7 Å². The Hall–Kier alpha value is -2.95. The highest BCUT2D eigenvalue weighted by molar-refractivity contribution is 6.10. The van der Waals surface area contributed by atoms with Crippen molar-refractivity contribution in [1.29, 1.82) is 0 Å². The number of carboxylic acids is 1. The molecule has 2 aromatic carbocycles. The average Bonchev–Trinajstić information content (AvgIpc) is 3.11. The largest absolute Gasteiger partial charge is 0.478 e. The second kappa shape index (κ2) is 4.53. The van der Waals surface area contributed by atoms with E-state index in [9.17, 15) is 14.3 Å². The Morgan fingerprint density at radius 2 is 2.09 bits per heavy atom. The van der Waals surface area contributed by atoms with Crippen molar-refractivity contribution in [3.05, 3.63) is 65.1 Å². The summed E-state index contributed by atoms with van der Waals surface area (Å²) in [6.07, 6.45) is 2.25. The van der Waals surface area contributed by atoms with Gasteiger partial charge in [-0.15, -0.1) is 0 Å². The van der Waals surface area contributed by atoms with E-state index in [-0.39, 0.29) is 5.56 Å². The number of hydrogen-bond acceptors (Lipinski definition) is 2. The highest BCUT2D eigenvalue weighted by Crippen LogP contribution is 2.33. The van der Waals surface area contributed by atoms with Gasteiger partial charge in [-0.25, -0.2) is 9.18 Å². The summed E-state index contributed by atoms with van der Waals surface area (Å²) in [4.78, 5) is 18.8. The molecule has 0 atom stereocenters. The second-order valence-corrected chi connectivity index (χ2v) is 5.27. The first-order valence-corrected chi connectivity index (χ1v) is 6.82. The summed E-state index contributed by atoms with van der Waals surface area (Å²) in [5, 5.41) is 10.3. The molecule has 3 aromatic rings. The summed E-state index contributed by atoms with van der Waals surface area (Å²) < 4.78 is 13.5. The van der Waals surface area contributed by atoms with Crippen molar-refractivity contribution in [2.75, 3.05) is 0 Å². The standard InChI is InChI=1S/C17H11FN2O2/c18-11-6-13(17(21)22)12-8-15(20-16(12)7-11)10-2-1-9-3-4-19-14(9)5-10/h1-7,19H,8H2,(H,21,22). The van der Waals surface area contributed by atoms with Crippen molar-refractivity contribution >= 4 is 28.3 Å². The SMILES string of the molecule is O=C(O)c1cc(F)cc2c1CC(c1ccc3cc[nH]c3c1)=N2. The summed E-state index contributed by atoms with van der Waals surface area (Å²) in [5.74, 6) is -1.71. The maximum atomic E-state index is 13.5. The molecule has 0 spiro atoms. The molecular weight excluding hydrogens is 283 g/mol. The van der Waals surface area contributed by atoms with Crippen LogP contribution in [0.25, 0.3) is 10.9 Å². The van der Waals surface area contributed by atoms with Crippen LogP contribution in [-0.4, -0.2) is 21.8 Å². The van der Waals surface area contributed by atoms with E-state index in [1.165, 1.54) is 6.07 Å². The fraction of sp³-hybridized carbons (Fsp3) is 0.0588. The zero-order chi connectivity index (χ0) is 15.3. The number of benzene rings is 2.